The number of ether oxygens (including phenoxy) is 4. The first kappa shape index (κ1) is 97.1. The van der Waals surface area contributed by atoms with Crippen LogP contribution < -0.4 is 0 Å². The Morgan fingerprint density at radius 2 is 0.465 bits per heavy atom. The number of rotatable bonds is 78. The van der Waals surface area contributed by atoms with Gasteiger partial charge in [-0.1, -0.05) is 363 Å². The number of carbonyl (C=O) groups is 4. The summed E-state index contributed by atoms with van der Waals surface area (Å²) in [5.74, 6) is 0.146. The van der Waals surface area contributed by atoms with E-state index >= 15 is 0 Å². The lowest BCUT2D eigenvalue weighted by atomic mass is 10.0. The molecule has 0 aromatic rings. The molecular weight excluding hydrogens is 1290 g/mol. The lowest BCUT2D eigenvalue weighted by Gasteiger charge is -2.21. The van der Waals surface area contributed by atoms with Gasteiger partial charge >= 0.3 is 39.5 Å². The molecule has 2 unspecified atom stereocenters. The van der Waals surface area contributed by atoms with E-state index in [1.165, 1.54) is 225 Å². The van der Waals surface area contributed by atoms with E-state index in [-0.39, 0.29) is 25.7 Å². The molecule has 5 atom stereocenters. The van der Waals surface area contributed by atoms with Crippen LogP contribution in [0.15, 0.2) is 0 Å². The molecule has 0 spiro atoms. The van der Waals surface area contributed by atoms with Gasteiger partial charge in [-0.05, 0) is 43.4 Å². The van der Waals surface area contributed by atoms with Crippen molar-refractivity contribution >= 4 is 39.5 Å². The largest absolute Gasteiger partial charge is 0.472 e. The third kappa shape index (κ3) is 74.1. The fourth-order valence-electron chi connectivity index (χ4n) is 12.3. The molecular formula is C80H156O17P2. The molecule has 0 fully saturated rings. The smallest absolute Gasteiger partial charge is 0.462 e. The second-order valence-electron chi connectivity index (χ2n) is 30.2. The number of esters is 4. The van der Waals surface area contributed by atoms with E-state index in [1.807, 2.05) is 0 Å². The number of phosphoric acid groups is 2. The maximum absolute atomic E-state index is 13.1. The van der Waals surface area contributed by atoms with Crippen molar-refractivity contribution in [1.82, 2.24) is 0 Å². The predicted octanol–water partition coefficient (Wildman–Crippen LogP) is 23.7. The summed E-state index contributed by atoms with van der Waals surface area (Å²) in [7, 11) is -9.92. The van der Waals surface area contributed by atoms with Crippen LogP contribution in [0.3, 0.4) is 0 Å². The number of carbonyl (C=O) groups excluding carboxylic acids is 4. The standard InChI is InChI=1S/C80H156O17P2/c1-8-9-10-11-12-13-14-15-16-17-18-19-20-21-22-27-33-42-49-56-63-79(84)96-75(67-90-77(82)61-54-47-40-32-26-24-23-25-30-37-44-51-58-71(2)3)69-94-98(86,87)92-65-74(81)66-93-99(88,89)95-70-76(68-91-78(83)62-55-48-41-36-35-39-46-53-60-73(6)7)97-80(85)64-57-50-43-34-29-28-31-38-45-52-59-72(4)5/h71-76,81H,8-70H2,1-7H3,(H,86,87)(H,88,89)/t74-,75-,76-/m1/s1. The van der Waals surface area contributed by atoms with Crippen molar-refractivity contribution in [3.63, 3.8) is 0 Å². The highest BCUT2D eigenvalue weighted by molar-refractivity contribution is 7.47. The molecule has 0 radical (unpaired) electrons. The van der Waals surface area contributed by atoms with Gasteiger partial charge in [-0.25, -0.2) is 9.13 Å². The monoisotopic (exact) mass is 1450 g/mol. The van der Waals surface area contributed by atoms with Gasteiger partial charge in [0.05, 0.1) is 26.4 Å². The van der Waals surface area contributed by atoms with Crippen molar-refractivity contribution in [2.75, 3.05) is 39.6 Å². The summed E-state index contributed by atoms with van der Waals surface area (Å²) < 4.78 is 68.7. The maximum atomic E-state index is 13.1. The SMILES string of the molecule is CCCCCCCCCCCCCCCCCCCCCCC(=O)O[C@H](COC(=O)CCCCCCCCCCCCCCC(C)C)COP(=O)(O)OC[C@@H](O)COP(=O)(O)OC[C@@H](COC(=O)CCCCCCCCCCC(C)C)OC(=O)CCCCCCCCCCCCC(C)C. The average Bonchev–Trinajstić information content (AvgIpc) is 1.04. The molecule has 3 N–H and O–H groups in total. The van der Waals surface area contributed by atoms with Gasteiger partial charge in [0.1, 0.15) is 19.3 Å². The normalized spacial score (nSPS) is 14.0. The van der Waals surface area contributed by atoms with Crippen molar-refractivity contribution in [2.24, 2.45) is 17.8 Å². The fraction of sp³-hybridized carbons (Fsp3) is 0.950. The van der Waals surface area contributed by atoms with Gasteiger partial charge in [0.15, 0.2) is 12.2 Å². The van der Waals surface area contributed by atoms with Gasteiger partial charge in [0.2, 0.25) is 0 Å². The van der Waals surface area contributed by atoms with Crippen LogP contribution in [0.1, 0.15) is 414 Å². The highest BCUT2D eigenvalue weighted by atomic mass is 31.2. The molecule has 0 aliphatic rings. The zero-order chi connectivity index (χ0) is 73.0. The van der Waals surface area contributed by atoms with Gasteiger partial charge in [-0.2, -0.15) is 0 Å². The molecule has 17 nitrogen and oxygen atoms in total. The van der Waals surface area contributed by atoms with Crippen LogP contribution in [0, 0.1) is 17.8 Å². The molecule has 0 aromatic heterocycles. The van der Waals surface area contributed by atoms with E-state index < -0.39 is 97.5 Å². The van der Waals surface area contributed by atoms with Crippen molar-refractivity contribution < 1.29 is 80.2 Å². The first-order valence-electron chi connectivity index (χ1n) is 41.3. The average molecular weight is 1450 g/mol. The zero-order valence-electron chi connectivity index (χ0n) is 65.0. The molecule has 0 amide bonds. The van der Waals surface area contributed by atoms with E-state index in [2.05, 4.69) is 48.5 Å². The minimum Gasteiger partial charge on any atom is -0.462 e. The summed E-state index contributed by atoms with van der Waals surface area (Å²) >= 11 is 0. The second kappa shape index (κ2) is 70.4. The number of hydrogen-bond acceptors (Lipinski definition) is 15. The summed E-state index contributed by atoms with van der Waals surface area (Å²) in [4.78, 5) is 73.0. The first-order chi connectivity index (χ1) is 47.7. The lowest BCUT2D eigenvalue weighted by Crippen LogP contribution is -2.30. The number of aliphatic hydroxyl groups excluding tert-OH is 1. The van der Waals surface area contributed by atoms with Crippen LogP contribution in [0.4, 0.5) is 0 Å². The van der Waals surface area contributed by atoms with Crippen LogP contribution in [0.5, 0.6) is 0 Å². The van der Waals surface area contributed by atoms with E-state index in [0.29, 0.717) is 25.7 Å². The summed E-state index contributed by atoms with van der Waals surface area (Å²) in [6.07, 6.45) is 58.4. The molecule has 0 heterocycles. The Kier molecular flexibility index (Phi) is 69.0. The van der Waals surface area contributed by atoms with Crippen LogP contribution in [0.2, 0.25) is 0 Å². The molecule has 588 valence electrons. The molecule has 0 aliphatic heterocycles. The van der Waals surface area contributed by atoms with Gasteiger partial charge in [0, 0.05) is 25.7 Å². The first-order valence-corrected chi connectivity index (χ1v) is 44.3. The van der Waals surface area contributed by atoms with Crippen LogP contribution in [-0.4, -0.2) is 96.7 Å². The molecule has 99 heavy (non-hydrogen) atoms. The topological polar surface area (TPSA) is 237 Å². The zero-order valence-corrected chi connectivity index (χ0v) is 66.8. The molecule has 0 saturated carbocycles. The molecule has 19 heteroatoms. The van der Waals surface area contributed by atoms with E-state index in [1.54, 1.807) is 0 Å². The Morgan fingerprint density at radius 1 is 0.273 bits per heavy atom. The summed E-state index contributed by atoms with van der Waals surface area (Å²) in [5.41, 5.74) is 0. The fourth-order valence-corrected chi connectivity index (χ4v) is 13.9. The summed E-state index contributed by atoms with van der Waals surface area (Å²) in [6, 6.07) is 0. The number of aliphatic hydroxyl groups is 1. The Bertz CT molecular complexity index is 1920. The number of hydrogen-bond donors (Lipinski definition) is 3. The molecule has 0 aromatic carbocycles. The molecule has 0 rings (SSSR count). The van der Waals surface area contributed by atoms with E-state index in [4.69, 9.17) is 37.0 Å². The van der Waals surface area contributed by atoms with Crippen LogP contribution in [-0.2, 0) is 65.4 Å². The van der Waals surface area contributed by atoms with Crippen molar-refractivity contribution in [3.8, 4) is 0 Å². The Labute approximate surface area is 607 Å². The molecule has 0 saturated heterocycles. The van der Waals surface area contributed by atoms with Crippen LogP contribution in [0.25, 0.3) is 0 Å². The number of unbranched alkanes of at least 4 members (excludes halogenated alkanes) is 46. The highest BCUT2D eigenvalue weighted by Crippen LogP contribution is 2.45. The minimum absolute atomic E-state index is 0.105. The summed E-state index contributed by atoms with van der Waals surface area (Å²) in [6.45, 7) is 11.9. The van der Waals surface area contributed by atoms with E-state index in [9.17, 15) is 43.2 Å². The van der Waals surface area contributed by atoms with Gasteiger partial charge in [0.25, 0.3) is 0 Å². The van der Waals surface area contributed by atoms with Gasteiger partial charge in [-0.3, -0.25) is 37.3 Å². The van der Waals surface area contributed by atoms with Crippen molar-refractivity contribution in [2.45, 2.75) is 433 Å². The second-order valence-corrected chi connectivity index (χ2v) is 33.1. The third-order valence-corrected chi connectivity index (χ3v) is 20.5. The molecule has 0 bridgehead atoms. The van der Waals surface area contributed by atoms with E-state index in [0.717, 1.165) is 108 Å². The Morgan fingerprint density at radius 3 is 0.687 bits per heavy atom. The van der Waals surface area contributed by atoms with Crippen molar-refractivity contribution in [3.05, 3.63) is 0 Å². The minimum atomic E-state index is -4.96. The van der Waals surface area contributed by atoms with Crippen molar-refractivity contribution in [1.29, 1.82) is 0 Å². The van der Waals surface area contributed by atoms with Gasteiger partial charge < -0.3 is 33.8 Å². The number of phosphoric ester groups is 2. The third-order valence-electron chi connectivity index (χ3n) is 18.6. The predicted molar refractivity (Wildman–Crippen MR) is 405 cm³/mol. The summed E-state index contributed by atoms with van der Waals surface area (Å²) in [5, 5.41) is 10.6. The lowest BCUT2D eigenvalue weighted by molar-refractivity contribution is -0.161. The highest BCUT2D eigenvalue weighted by Gasteiger charge is 2.30. The quantitative estimate of drug-likeness (QED) is 0.0222. The Hall–Kier alpha value is -1.94. The maximum Gasteiger partial charge on any atom is 0.472 e. The van der Waals surface area contributed by atoms with Crippen LogP contribution >= 0.6 is 15.6 Å². The Balaban J connectivity index is 5.24. The molecule has 0 aliphatic carbocycles. The van der Waals surface area contributed by atoms with Gasteiger partial charge in [-0.15, -0.1) is 0 Å².